The van der Waals surface area contributed by atoms with Crippen molar-refractivity contribution in [3.05, 3.63) is 85.4 Å². The number of halogens is 2. The summed E-state index contributed by atoms with van der Waals surface area (Å²) in [6.07, 6.45) is 1.59. The quantitative estimate of drug-likeness (QED) is 0.183. The van der Waals surface area contributed by atoms with Crippen LogP contribution in [0.15, 0.2) is 63.9 Å². The number of hydrogen-bond donors (Lipinski definition) is 0. The van der Waals surface area contributed by atoms with Crippen molar-refractivity contribution in [3.63, 3.8) is 0 Å². The van der Waals surface area contributed by atoms with Crippen LogP contribution in [0.25, 0.3) is 17.4 Å². The Kier molecular flexibility index (Phi) is 5.66. The van der Waals surface area contributed by atoms with Crippen LogP contribution >= 0.6 is 47.2 Å². The maximum atomic E-state index is 12.8. The minimum atomic E-state index is -0.558. The minimum Gasteiger partial charge on any atom is -0.457 e. The summed E-state index contributed by atoms with van der Waals surface area (Å²) < 4.78 is 6.16. The molecule has 1 saturated heterocycles. The van der Waals surface area contributed by atoms with Crippen molar-refractivity contribution in [1.82, 2.24) is 0 Å². The van der Waals surface area contributed by atoms with Crippen molar-refractivity contribution in [2.45, 2.75) is 0 Å². The van der Waals surface area contributed by atoms with Crippen LogP contribution in [0.2, 0.25) is 10.0 Å². The highest BCUT2D eigenvalue weighted by Crippen LogP contribution is 2.37. The normalized spacial score (nSPS) is 15.3. The average Bonchev–Trinajstić information content (AvgIpc) is 3.28. The van der Waals surface area contributed by atoms with Crippen molar-refractivity contribution >= 4 is 74.9 Å². The van der Waals surface area contributed by atoms with Gasteiger partial charge in [-0.2, -0.15) is 0 Å². The fourth-order valence-corrected chi connectivity index (χ4v) is 4.39. The van der Waals surface area contributed by atoms with Crippen LogP contribution in [0.3, 0.4) is 0 Å². The molecule has 0 aliphatic carbocycles. The van der Waals surface area contributed by atoms with E-state index in [1.54, 1.807) is 48.5 Å². The molecule has 0 bridgehead atoms. The molecule has 1 aromatic heterocycles. The summed E-state index contributed by atoms with van der Waals surface area (Å²) in [5, 5.41) is 11.7. The molecule has 1 amide bonds. The van der Waals surface area contributed by atoms with Crippen molar-refractivity contribution in [2.75, 3.05) is 4.90 Å². The van der Waals surface area contributed by atoms with Crippen LogP contribution < -0.4 is 4.90 Å². The number of carbonyl (C=O) groups is 1. The monoisotopic (exact) mass is 476 g/mol. The highest BCUT2D eigenvalue weighted by molar-refractivity contribution is 8.27. The van der Waals surface area contributed by atoms with Crippen LogP contribution in [-0.2, 0) is 4.79 Å². The largest absolute Gasteiger partial charge is 0.457 e. The highest BCUT2D eigenvalue weighted by atomic mass is 35.5. The second-order valence-corrected chi connectivity index (χ2v) is 8.64. The SMILES string of the molecule is O=C1/C(=C\c2ccc(-c3ccc(Cl)c([N+](=O)[O-])c3)o2)SC(=S)N1c1ccc(Cl)cc1. The lowest BCUT2D eigenvalue weighted by Gasteiger charge is -2.14. The van der Waals surface area contributed by atoms with Gasteiger partial charge >= 0.3 is 0 Å². The minimum absolute atomic E-state index is 0.0430. The molecule has 0 atom stereocenters. The lowest BCUT2D eigenvalue weighted by atomic mass is 10.1. The van der Waals surface area contributed by atoms with E-state index < -0.39 is 4.92 Å². The number of nitrogens with zero attached hydrogens (tertiary/aromatic N) is 2. The van der Waals surface area contributed by atoms with Gasteiger partial charge in [0.15, 0.2) is 4.32 Å². The molecule has 0 N–H and O–H groups in total. The number of anilines is 1. The number of furan rings is 1. The predicted molar refractivity (Wildman–Crippen MR) is 123 cm³/mol. The third-order valence-corrected chi connectivity index (χ3v) is 6.08. The van der Waals surface area contributed by atoms with Gasteiger partial charge in [-0.25, -0.2) is 0 Å². The number of nitro groups is 1. The number of thiocarbonyl (C=S) groups is 1. The molecule has 2 heterocycles. The maximum Gasteiger partial charge on any atom is 0.288 e. The number of benzene rings is 2. The molecule has 4 rings (SSSR count). The number of carbonyl (C=O) groups excluding carboxylic acids is 1. The number of amides is 1. The van der Waals surface area contributed by atoms with Gasteiger partial charge in [-0.3, -0.25) is 19.8 Å². The molecule has 150 valence electrons. The zero-order valence-electron chi connectivity index (χ0n) is 14.9. The summed E-state index contributed by atoms with van der Waals surface area (Å²) in [5.74, 6) is 0.556. The van der Waals surface area contributed by atoms with Crippen LogP contribution in [-0.4, -0.2) is 15.2 Å². The summed E-state index contributed by atoms with van der Waals surface area (Å²) in [6.45, 7) is 0. The van der Waals surface area contributed by atoms with Gasteiger partial charge in [0, 0.05) is 22.7 Å². The summed E-state index contributed by atoms with van der Waals surface area (Å²) in [7, 11) is 0. The molecule has 0 unspecified atom stereocenters. The fraction of sp³-hybridized carbons (Fsp3) is 0. The zero-order chi connectivity index (χ0) is 21.4. The van der Waals surface area contributed by atoms with Crippen LogP contribution in [0.5, 0.6) is 0 Å². The van der Waals surface area contributed by atoms with E-state index in [-0.39, 0.29) is 16.6 Å². The first-order valence-corrected chi connectivity index (χ1v) is 10.4. The second kappa shape index (κ2) is 8.23. The Balaban J connectivity index is 1.61. The number of nitro benzene ring substituents is 1. The van der Waals surface area contributed by atoms with E-state index in [0.29, 0.717) is 37.0 Å². The molecular formula is C20H10Cl2N2O4S2. The van der Waals surface area contributed by atoms with Gasteiger partial charge in [0.2, 0.25) is 0 Å². The Bertz CT molecular complexity index is 1220. The maximum absolute atomic E-state index is 12.8. The lowest BCUT2D eigenvalue weighted by molar-refractivity contribution is -0.384. The highest BCUT2D eigenvalue weighted by Gasteiger charge is 2.33. The first-order valence-electron chi connectivity index (χ1n) is 8.41. The van der Waals surface area contributed by atoms with E-state index in [1.165, 1.54) is 17.0 Å². The Labute approximate surface area is 190 Å². The summed E-state index contributed by atoms with van der Waals surface area (Å²) in [5.41, 5.74) is 0.911. The molecule has 0 saturated carbocycles. The van der Waals surface area contributed by atoms with Gasteiger partial charge < -0.3 is 4.42 Å². The topological polar surface area (TPSA) is 76.6 Å². The fourth-order valence-electron chi connectivity index (χ4n) is 2.80. The molecular weight excluding hydrogens is 467 g/mol. The summed E-state index contributed by atoms with van der Waals surface area (Å²) in [4.78, 5) is 25.2. The van der Waals surface area contributed by atoms with Crippen molar-refractivity contribution in [2.24, 2.45) is 0 Å². The molecule has 2 aromatic carbocycles. The first kappa shape index (κ1) is 20.6. The van der Waals surface area contributed by atoms with E-state index >= 15 is 0 Å². The van der Waals surface area contributed by atoms with Crippen molar-refractivity contribution in [1.29, 1.82) is 0 Å². The van der Waals surface area contributed by atoms with Crippen LogP contribution in [0.1, 0.15) is 5.76 Å². The second-order valence-electron chi connectivity index (χ2n) is 6.12. The van der Waals surface area contributed by atoms with Gasteiger partial charge in [-0.15, -0.1) is 0 Å². The number of hydrogen-bond acceptors (Lipinski definition) is 6. The van der Waals surface area contributed by atoms with E-state index in [9.17, 15) is 14.9 Å². The molecule has 0 radical (unpaired) electrons. The molecule has 1 fully saturated rings. The smallest absolute Gasteiger partial charge is 0.288 e. The van der Waals surface area contributed by atoms with Crippen LogP contribution in [0.4, 0.5) is 11.4 Å². The molecule has 0 spiro atoms. The van der Waals surface area contributed by atoms with Gasteiger partial charge in [0.05, 0.1) is 15.5 Å². The number of rotatable bonds is 4. The molecule has 1 aliphatic rings. The Hall–Kier alpha value is -2.65. The van der Waals surface area contributed by atoms with Crippen LogP contribution in [0, 0.1) is 10.1 Å². The van der Waals surface area contributed by atoms with Gasteiger partial charge in [-0.05, 0) is 48.5 Å². The molecule has 3 aromatic rings. The van der Waals surface area contributed by atoms with Gasteiger partial charge in [0.25, 0.3) is 11.6 Å². The zero-order valence-corrected chi connectivity index (χ0v) is 18.0. The first-order chi connectivity index (χ1) is 14.3. The van der Waals surface area contributed by atoms with Crippen molar-refractivity contribution in [3.8, 4) is 11.3 Å². The standard InChI is InChI=1S/C20H10Cl2N2O4S2/c21-12-2-4-13(5-3-12)23-19(25)18(30-20(23)29)10-14-6-8-17(28-14)11-1-7-15(22)16(9-11)24(26)27/h1-10H/b18-10+. The van der Waals surface area contributed by atoms with E-state index in [2.05, 4.69) is 0 Å². The average molecular weight is 477 g/mol. The van der Waals surface area contributed by atoms with E-state index in [1.807, 2.05) is 0 Å². The Morgan fingerprint density at radius 1 is 1.10 bits per heavy atom. The molecule has 10 heteroatoms. The van der Waals surface area contributed by atoms with Crippen molar-refractivity contribution < 1.29 is 14.1 Å². The third kappa shape index (κ3) is 3.99. The van der Waals surface area contributed by atoms with E-state index in [4.69, 9.17) is 39.8 Å². The van der Waals surface area contributed by atoms with Gasteiger partial charge in [-0.1, -0.05) is 47.2 Å². The predicted octanol–water partition coefficient (Wildman–Crippen LogP) is 6.57. The summed E-state index contributed by atoms with van der Waals surface area (Å²) in [6, 6.07) is 14.5. The Morgan fingerprint density at radius 2 is 1.83 bits per heavy atom. The third-order valence-electron chi connectivity index (χ3n) is 4.21. The number of thioether (sulfide) groups is 1. The van der Waals surface area contributed by atoms with Gasteiger partial charge in [0.1, 0.15) is 16.5 Å². The lowest BCUT2D eigenvalue weighted by Crippen LogP contribution is -2.27. The summed E-state index contributed by atoms with van der Waals surface area (Å²) >= 11 is 18.3. The molecule has 1 aliphatic heterocycles. The molecule has 30 heavy (non-hydrogen) atoms. The van der Waals surface area contributed by atoms with E-state index in [0.717, 1.165) is 11.8 Å². The molecule has 6 nitrogen and oxygen atoms in total. The Morgan fingerprint density at radius 3 is 2.53 bits per heavy atom.